The van der Waals surface area contributed by atoms with E-state index in [9.17, 15) is 13.2 Å². The van der Waals surface area contributed by atoms with Crippen LogP contribution in [0.3, 0.4) is 0 Å². The maximum absolute atomic E-state index is 12.9. The summed E-state index contributed by atoms with van der Waals surface area (Å²) in [6, 6.07) is 9.87. The third kappa shape index (κ3) is 3.91. The van der Waals surface area contributed by atoms with E-state index in [2.05, 4.69) is 23.8 Å². The lowest BCUT2D eigenvalue weighted by molar-refractivity contribution is 0.0976. The summed E-state index contributed by atoms with van der Waals surface area (Å²) in [4.78, 5) is 15.7. The average molecular weight is 428 g/mol. The van der Waals surface area contributed by atoms with Gasteiger partial charge in [-0.25, -0.2) is 19.3 Å². The van der Waals surface area contributed by atoms with Gasteiger partial charge in [0.05, 0.1) is 11.7 Å². The molecule has 0 bridgehead atoms. The second kappa shape index (κ2) is 8.12. The van der Waals surface area contributed by atoms with Crippen LogP contribution in [-0.2, 0) is 10.0 Å². The molecule has 0 aliphatic heterocycles. The zero-order valence-electron chi connectivity index (χ0n) is 15.8. The maximum atomic E-state index is 12.9. The van der Waals surface area contributed by atoms with E-state index >= 15 is 0 Å². The number of fused-ring (bicyclic) bond motifs is 1. The van der Waals surface area contributed by atoms with Gasteiger partial charge in [-0.1, -0.05) is 35.4 Å². The molecule has 2 aromatic carbocycles. The Bertz CT molecular complexity index is 1240. The predicted octanol–water partition coefficient (Wildman–Crippen LogP) is 3.46. The molecule has 148 valence electrons. The van der Waals surface area contributed by atoms with E-state index in [4.69, 9.17) is 6.57 Å². The highest BCUT2D eigenvalue weighted by molar-refractivity contribution is 7.89. The SMILES string of the molecule is [C-]#[N+]C(N=Nc1c(S(=O)(=O)N(C)C)c(C)cc2nsnc12)C(=O)c1ccccc1. The van der Waals surface area contributed by atoms with Gasteiger partial charge in [0, 0.05) is 19.7 Å². The summed E-state index contributed by atoms with van der Waals surface area (Å²) in [6.07, 6.45) is -1.44. The molecule has 0 radical (unpaired) electrons. The number of rotatable bonds is 6. The Morgan fingerprint density at radius 1 is 1.24 bits per heavy atom. The molecule has 0 saturated carbocycles. The molecule has 0 amide bonds. The summed E-state index contributed by atoms with van der Waals surface area (Å²) in [5.41, 5.74) is 1.42. The summed E-state index contributed by atoms with van der Waals surface area (Å²) in [5.74, 6) is -0.526. The van der Waals surface area contributed by atoms with Gasteiger partial charge in [-0.3, -0.25) is 9.64 Å². The summed E-state index contributed by atoms with van der Waals surface area (Å²) >= 11 is 0.909. The predicted molar refractivity (Wildman–Crippen MR) is 109 cm³/mol. The van der Waals surface area contributed by atoms with Gasteiger partial charge in [0.25, 0.3) is 5.78 Å². The van der Waals surface area contributed by atoms with Crippen LogP contribution in [0.15, 0.2) is 51.5 Å². The Morgan fingerprint density at radius 2 is 1.93 bits per heavy atom. The fraction of sp³-hybridized carbons (Fsp3) is 0.222. The average Bonchev–Trinajstić information content (AvgIpc) is 3.16. The lowest BCUT2D eigenvalue weighted by atomic mass is 10.1. The molecule has 1 heterocycles. The number of Topliss-reactive ketones (excluding diaryl/α,β-unsaturated/α-hetero) is 1. The van der Waals surface area contributed by atoms with Gasteiger partial charge in [0.2, 0.25) is 10.0 Å². The molecule has 0 spiro atoms. The monoisotopic (exact) mass is 428 g/mol. The lowest BCUT2D eigenvalue weighted by Gasteiger charge is -2.15. The first-order valence-corrected chi connectivity index (χ1v) is 10.5. The van der Waals surface area contributed by atoms with E-state index in [1.54, 1.807) is 43.3 Å². The zero-order valence-corrected chi connectivity index (χ0v) is 17.4. The molecule has 0 N–H and O–H groups in total. The number of azo groups is 1. The Balaban J connectivity index is 2.15. The van der Waals surface area contributed by atoms with Gasteiger partial charge in [-0.2, -0.15) is 8.75 Å². The van der Waals surface area contributed by atoms with E-state index in [0.717, 1.165) is 16.0 Å². The van der Waals surface area contributed by atoms with Gasteiger partial charge in [-0.05, 0) is 18.6 Å². The number of aromatic nitrogens is 2. The molecule has 1 atom stereocenters. The zero-order chi connectivity index (χ0) is 21.2. The normalized spacial score (nSPS) is 13.1. The molecular weight excluding hydrogens is 412 g/mol. The van der Waals surface area contributed by atoms with Crippen molar-refractivity contribution in [3.8, 4) is 0 Å². The highest BCUT2D eigenvalue weighted by Gasteiger charge is 2.29. The fourth-order valence-corrected chi connectivity index (χ4v) is 4.36. The van der Waals surface area contributed by atoms with Gasteiger partial charge >= 0.3 is 6.17 Å². The van der Waals surface area contributed by atoms with Gasteiger partial charge in [0.1, 0.15) is 21.6 Å². The van der Waals surface area contributed by atoms with E-state index < -0.39 is 22.0 Å². The number of carbonyl (C=O) groups excluding carboxylic acids is 1. The van der Waals surface area contributed by atoms with E-state index in [-0.39, 0.29) is 16.1 Å². The first-order chi connectivity index (χ1) is 13.8. The number of benzene rings is 2. The molecule has 0 aliphatic rings. The van der Waals surface area contributed by atoms with E-state index in [1.165, 1.54) is 14.1 Å². The molecular formula is C18H16N6O3S2. The lowest BCUT2D eigenvalue weighted by Crippen LogP contribution is -2.23. The minimum atomic E-state index is -3.88. The van der Waals surface area contributed by atoms with Crippen molar-refractivity contribution in [1.82, 2.24) is 13.1 Å². The van der Waals surface area contributed by atoms with Crippen molar-refractivity contribution in [2.75, 3.05) is 14.1 Å². The Kier molecular flexibility index (Phi) is 5.78. The largest absolute Gasteiger partial charge is 0.395 e. The minimum absolute atomic E-state index is 0.0306. The van der Waals surface area contributed by atoms with Crippen molar-refractivity contribution in [1.29, 1.82) is 0 Å². The van der Waals surface area contributed by atoms with Crippen molar-refractivity contribution in [2.45, 2.75) is 18.0 Å². The standard InChI is InChI=1S/C18H16N6O3S2/c1-11-10-13-14(23-28-22-13)15(17(11)29(26,27)24(3)4)20-21-18(19-2)16(25)12-8-6-5-7-9-12/h5-10,18H,1,3-4H3. The molecule has 1 unspecified atom stereocenters. The number of carbonyl (C=O) groups is 1. The molecule has 0 fully saturated rings. The summed E-state index contributed by atoms with van der Waals surface area (Å²) in [7, 11) is -1.07. The van der Waals surface area contributed by atoms with Crippen molar-refractivity contribution >= 4 is 44.3 Å². The third-order valence-corrected chi connectivity index (χ3v) is 6.62. The van der Waals surface area contributed by atoms with Crippen LogP contribution < -0.4 is 0 Å². The first kappa shape index (κ1) is 20.7. The highest BCUT2D eigenvalue weighted by Crippen LogP contribution is 2.36. The van der Waals surface area contributed by atoms with Crippen molar-refractivity contribution in [3.05, 3.63) is 58.9 Å². The van der Waals surface area contributed by atoms with Crippen molar-refractivity contribution < 1.29 is 13.2 Å². The number of ketones is 1. The van der Waals surface area contributed by atoms with Crippen LogP contribution in [0.4, 0.5) is 5.69 Å². The van der Waals surface area contributed by atoms with Crippen LogP contribution in [0.1, 0.15) is 15.9 Å². The number of hydrogen-bond donors (Lipinski definition) is 0. The van der Waals surface area contributed by atoms with Crippen LogP contribution in [0.25, 0.3) is 15.9 Å². The molecule has 1 aromatic heterocycles. The van der Waals surface area contributed by atoms with Crippen molar-refractivity contribution in [2.24, 2.45) is 10.2 Å². The van der Waals surface area contributed by atoms with Gasteiger partial charge in [0.15, 0.2) is 0 Å². The highest BCUT2D eigenvalue weighted by atomic mass is 32.2. The molecule has 3 rings (SSSR count). The van der Waals surface area contributed by atoms with E-state index in [0.29, 0.717) is 16.6 Å². The molecule has 29 heavy (non-hydrogen) atoms. The number of nitrogens with zero attached hydrogens (tertiary/aromatic N) is 6. The quantitative estimate of drug-likeness (QED) is 0.339. The number of hydrogen-bond acceptors (Lipinski definition) is 8. The second-order valence-electron chi connectivity index (χ2n) is 6.24. The fourth-order valence-electron chi connectivity index (χ4n) is 2.62. The Morgan fingerprint density at radius 3 is 2.55 bits per heavy atom. The molecule has 3 aromatic rings. The Hall–Kier alpha value is -3.07. The summed E-state index contributed by atoms with van der Waals surface area (Å²) in [6.45, 7) is 8.94. The topological polar surface area (TPSA) is 109 Å². The van der Waals surface area contributed by atoms with E-state index in [1.807, 2.05) is 0 Å². The first-order valence-electron chi connectivity index (χ1n) is 8.32. The van der Waals surface area contributed by atoms with Gasteiger partial charge < -0.3 is 0 Å². The van der Waals surface area contributed by atoms with Crippen LogP contribution in [0, 0.1) is 13.5 Å². The Labute approximate surface area is 171 Å². The molecule has 9 nitrogen and oxygen atoms in total. The van der Waals surface area contributed by atoms with Crippen LogP contribution in [0.2, 0.25) is 0 Å². The van der Waals surface area contributed by atoms with Crippen molar-refractivity contribution in [3.63, 3.8) is 0 Å². The number of sulfonamides is 1. The third-order valence-electron chi connectivity index (χ3n) is 4.09. The molecule has 11 heteroatoms. The molecule has 0 saturated heterocycles. The van der Waals surface area contributed by atoms with Crippen LogP contribution in [0.5, 0.6) is 0 Å². The molecule has 0 aliphatic carbocycles. The van der Waals surface area contributed by atoms with Crippen LogP contribution >= 0.6 is 11.7 Å². The minimum Gasteiger partial charge on any atom is -0.283 e. The van der Waals surface area contributed by atoms with Gasteiger partial charge in [-0.15, -0.1) is 5.11 Å². The smallest absolute Gasteiger partial charge is 0.283 e. The van der Waals surface area contributed by atoms with Crippen LogP contribution in [-0.4, -0.2) is 47.5 Å². The maximum Gasteiger partial charge on any atom is 0.395 e. The number of aryl methyl sites for hydroxylation is 1. The summed E-state index contributed by atoms with van der Waals surface area (Å²) < 4.78 is 35.0. The second-order valence-corrected chi connectivity index (χ2v) is 8.86. The summed E-state index contributed by atoms with van der Waals surface area (Å²) in [5, 5.41) is 7.89.